The van der Waals surface area contributed by atoms with Crippen LogP contribution in [-0.2, 0) is 0 Å². The molecule has 2 aromatic rings. The lowest BCUT2D eigenvalue weighted by Gasteiger charge is -2.30. The Hall–Kier alpha value is -2.54. The van der Waals surface area contributed by atoms with Gasteiger partial charge in [0.05, 0.1) is 5.69 Å². The van der Waals surface area contributed by atoms with E-state index in [-0.39, 0.29) is 11.9 Å². The summed E-state index contributed by atoms with van der Waals surface area (Å²) < 4.78 is 0. The number of nitrogens with zero attached hydrogens (tertiary/aromatic N) is 2. The summed E-state index contributed by atoms with van der Waals surface area (Å²) in [6, 6.07) is 8.77. The second-order valence-corrected chi connectivity index (χ2v) is 7.58. The number of nitrogens with one attached hydrogen (secondary N) is 2. The first-order valence-electron chi connectivity index (χ1n) is 9.07. The summed E-state index contributed by atoms with van der Waals surface area (Å²) in [6.07, 6.45) is 0.876. The molecule has 0 spiro atoms. The molecule has 2 heterocycles. The van der Waals surface area contributed by atoms with Crippen LogP contribution in [0.25, 0.3) is 0 Å². The van der Waals surface area contributed by atoms with Crippen LogP contribution in [0.4, 0.5) is 16.2 Å². The maximum absolute atomic E-state index is 12.9. The Morgan fingerprint density at radius 3 is 2.85 bits per heavy atom. The van der Waals surface area contributed by atoms with E-state index < -0.39 is 0 Å². The molecule has 0 bridgehead atoms. The SMILES string of the molecule is CCCNC(=O)c1cccc(NC(=O)N2CCSc3nc(C)cc(C)c32)c1. The summed E-state index contributed by atoms with van der Waals surface area (Å²) in [7, 11) is 0. The monoisotopic (exact) mass is 384 g/mol. The van der Waals surface area contributed by atoms with Crippen molar-refractivity contribution in [2.75, 3.05) is 29.1 Å². The fraction of sp³-hybridized carbons (Fsp3) is 0.350. The minimum absolute atomic E-state index is 0.136. The number of pyridine rings is 1. The van der Waals surface area contributed by atoms with Gasteiger partial charge in [0.2, 0.25) is 0 Å². The van der Waals surface area contributed by atoms with Crippen LogP contribution in [0, 0.1) is 13.8 Å². The summed E-state index contributed by atoms with van der Waals surface area (Å²) >= 11 is 1.67. The third kappa shape index (κ3) is 4.42. The van der Waals surface area contributed by atoms with Gasteiger partial charge in [-0.05, 0) is 50.1 Å². The molecule has 1 aliphatic rings. The highest BCUT2D eigenvalue weighted by Gasteiger charge is 2.26. The van der Waals surface area contributed by atoms with Crippen molar-refractivity contribution in [2.24, 2.45) is 0 Å². The molecule has 142 valence electrons. The maximum Gasteiger partial charge on any atom is 0.326 e. The van der Waals surface area contributed by atoms with Crippen LogP contribution in [0.2, 0.25) is 0 Å². The van der Waals surface area contributed by atoms with Crippen LogP contribution in [0.3, 0.4) is 0 Å². The Balaban J connectivity index is 1.78. The van der Waals surface area contributed by atoms with E-state index in [4.69, 9.17) is 0 Å². The molecular formula is C20H24N4O2S. The van der Waals surface area contributed by atoms with Gasteiger partial charge < -0.3 is 10.6 Å². The number of urea groups is 1. The molecule has 3 rings (SSSR count). The topological polar surface area (TPSA) is 74.3 Å². The fourth-order valence-electron chi connectivity index (χ4n) is 3.04. The average Bonchev–Trinajstić information content (AvgIpc) is 2.65. The van der Waals surface area contributed by atoms with E-state index in [2.05, 4.69) is 15.6 Å². The predicted octanol–water partition coefficient (Wildman–Crippen LogP) is 3.98. The molecule has 0 unspecified atom stereocenters. The Labute approximate surface area is 163 Å². The van der Waals surface area contributed by atoms with Crippen molar-refractivity contribution in [1.82, 2.24) is 10.3 Å². The number of hydrogen-bond donors (Lipinski definition) is 2. The van der Waals surface area contributed by atoms with E-state index in [0.717, 1.165) is 34.1 Å². The number of benzene rings is 1. The minimum Gasteiger partial charge on any atom is -0.352 e. The third-order valence-electron chi connectivity index (χ3n) is 4.26. The van der Waals surface area contributed by atoms with Crippen molar-refractivity contribution in [3.8, 4) is 0 Å². The number of fused-ring (bicyclic) bond motifs is 1. The Bertz CT molecular complexity index is 869. The van der Waals surface area contributed by atoms with Gasteiger partial charge in [0.25, 0.3) is 5.91 Å². The molecular weight excluding hydrogens is 360 g/mol. The van der Waals surface area contributed by atoms with Crippen LogP contribution in [0.1, 0.15) is 35.0 Å². The van der Waals surface area contributed by atoms with Gasteiger partial charge in [-0.2, -0.15) is 0 Å². The number of hydrogen-bond acceptors (Lipinski definition) is 4. The van der Waals surface area contributed by atoms with Crippen molar-refractivity contribution in [3.63, 3.8) is 0 Å². The van der Waals surface area contributed by atoms with Crippen LogP contribution < -0.4 is 15.5 Å². The summed E-state index contributed by atoms with van der Waals surface area (Å²) in [6.45, 7) is 7.21. The second kappa shape index (κ2) is 8.43. The molecule has 1 aromatic carbocycles. The van der Waals surface area contributed by atoms with E-state index >= 15 is 0 Å². The molecule has 3 amide bonds. The molecule has 0 fully saturated rings. The molecule has 0 saturated carbocycles. The molecule has 1 aromatic heterocycles. The first-order valence-corrected chi connectivity index (χ1v) is 10.1. The zero-order chi connectivity index (χ0) is 19.4. The van der Waals surface area contributed by atoms with E-state index in [1.54, 1.807) is 40.9 Å². The van der Waals surface area contributed by atoms with E-state index in [1.165, 1.54) is 0 Å². The van der Waals surface area contributed by atoms with Crippen LogP contribution in [-0.4, -0.2) is 35.8 Å². The number of carbonyl (C=O) groups is 2. The van der Waals surface area contributed by atoms with Crippen molar-refractivity contribution in [3.05, 3.63) is 47.2 Å². The Morgan fingerprint density at radius 1 is 1.26 bits per heavy atom. The minimum atomic E-state index is -0.212. The number of thioether (sulfide) groups is 1. The quantitative estimate of drug-likeness (QED) is 0.836. The zero-order valence-corrected chi connectivity index (χ0v) is 16.7. The first kappa shape index (κ1) is 19.2. The molecule has 0 radical (unpaired) electrons. The second-order valence-electron chi connectivity index (χ2n) is 6.50. The molecule has 6 nitrogen and oxygen atoms in total. The first-order chi connectivity index (χ1) is 13.0. The number of amides is 3. The molecule has 0 saturated heterocycles. The predicted molar refractivity (Wildman–Crippen MR) is 110 cm³/mol. The maximum atomic E-state index is 12.9. The number of carbonyl (C=O) groups excluding carboxylic acids is 2. The number of aromatic nitrogens is 1. The molecule has 0 aliphatic carbocycles. The fourth-order valence-corrected chi connectivity index (χ4v) is 4.13. The van der Waals surface area contributed by atoms with Crippen LogP contribution >= 0.6 is 11.8 Å². The molecule has 7 heteroatoms. The normalized spacial score (nSPS) is 13.1. The van der Waals surface area contributed by atoms with E-state index in [1.807, 2.05) is 26.8 Å². The van der Waals surface area contributed by atoms with Gasteiger partial charge in [-0.3, -0.25) is 9.69 Å². The van der Waals surface area contributed by atoms with Crippen molar-refractivity contribution >= 4 is 35.1 Å². The highest BCUT2D eigenvalue weighted by atomic mass is 32.2. The highest BCUT2D eigenvalue weighted by Crippen LogP contribution is 2.36. The van der Waals surface area contributed by atoms with Gasteiger partial charge in [0.1, 0.15) is 5.03 Å². The number of rotatable bonds is 4. The smallest absolute Gasteiger partial charge is 0.326 e. The van der Waals surface area contributed by atoms with Crippen molar-refractivity contribution < 1.29 is 9.59 Å². The van der Waals surface area contributed by atoms with Gasteiger partial charge in [-0.15, -0.1) is 11.8 Å². The van der Waals surface area contributed by atoms with Crippen LogP contribution in [0.5, 0.6) is 0 Å². The largest absolute Gasteiger partial charge is 0.352 e. The summed E-state index contributed by atoms with van der Waals surface area (Å²) in [5.41, 5.74) is 3.98. The standard InChI is InChI=1S/C20H24N4O2S/c1-4-8-21-18(25)15-6-5-7-16(12-15)23-20(26)24-9-10-27-19-17(24)13(2)11-14(3)22-19/h5-7,11-12H,4,8-10H2,1-3H3,(H,21,25)(H,23,26). The van der Waals surface area contributed by atoms with E-state index in [9.17, 15) is 9.59 Å². The van der Waals surface area contributed by atoms with Gasteiger partial charge in [0.15, 0.2) is 0 Å². The Kier molecular flexibility index (Phi) is 6.01. The summed E-state index contributed by atoms with van der Waals surface area (Å²) in [5, 5.41) is 6.65. The van der Waals surface area contributed by atoms with Crippen LogP contribution in [0.15, 0.2) is 35.4 Å². The number of anilines is 2. The molecule has 2 N–H and O–H groups in total. The van der Waals surface area contributed by atoms with Gasteiger partial charge >= 0.3 is 6.03 Å². The summed E-state index contributed by atoms with van der Waals surface area (Å²) in [4.78, 5) is 31.3. The number of aryl methyl sites for hydroxylation is 2. The Morgan fingerprint density at radius 2 is 2.07 bits per heavy atom. The highest BCUT2D eigenvalue weighted by molar-refractivity contribution is 7.99. The molecule has 0 atom stereocenters. The van der Waals surface area contributed by atoms with E-state index in [0.29, 0.717) is 24.3 Å². The lowest BCUT2D eigenvalue weighted by atomic mass is 10.2. The molecule has 1 aliphatic heterocycles. The average molecular weight is 385 g/mol. The molecule has 27 heavy (non-hydrogen) atoms. The lowest BCUT2D eigenvalue weighted by Crippen LogP contribution is -2.39. The summed E-state index contributed by atoms with van der Waals surface area (Å²) in [5.74, 6) is 0.665. The van der Waals surface area contributed by atoms with Gasteiger partial charge in [0, 0.05) is 35.8 Å². The van der Waals surface area contributed by atoms with Gasteiger partial charge in [-0.25, -0.2) is 9.78 Å². The zero-order valence-electron chi connectivity index (χ0n) is 15.8. The van der Waals surface area contributed by atoms with Crippen molar-refractivity contribution in [2.45, 2.75) is 32.2 Å². The lowest BCUT2D eigenvalue weighted by molar-refractivity contribution is 0.0953. The van der Waals surface area contributed by atoms with Crippen molar-refractivity contribution in [1.29, 1.82) is 0 Å². The van der Waals surface area contributed by atoms with Gasteiger partial charge in [-0.1, -0.05) is 13.0 Å². The third-order valence-corrected chi connectivity index (χ3v) is 5.20.